The van der Waals surface area contributed by atoms with Gasteiger partial charge < -0.3 is 10.2 Å². The average Bonchev–Trinajstić information content (AvgIpc) is 2.29. The van der Waals surface area contributed by atoms with Gasteiger partial charge in [-0.1, -0.05) is 6.92 Å². The van der Waals surface area contributed by atoms with E-state index in [-0.39, 0.29) is 6.10 Å². The molecule has 0 radical (unpaired) electrons. The third-order valence-corrected chi connectivity index (χ3v) is 3.34. The van der Waals surface area contributed by atoms with E-state index in [0.717, 1.165) is 23.5 Å². The highest BCUT2D eigenvalue weighted by molar-refractivity contribution is 7.99. The van der Waals surface area contributed by atoms with Crippen LogP contribution in [0.2, 0.25) is 0 Å². The summed E-state index contributed by atoms with van der Waals surface area (Å²) in [6.07, 6.45) is 1.31. The molecule has 0 aromatic heterocycles. The van der Waals surface area contributed by atoms with E-state index in [9.17, 15) is 9.90 Å². The quantitative estimate of drug-likeness (QED) is 0.750. The van der Waals surface area contributed by atoms with Crippen molar-refractivity contribution in [1.82, 2.24) is 0 Å². The predicted molar refractivity (Wildman–Crippen MR) is 65.0 cm³/mol. The maximum Gasteiger partial charge on any atom is 0.335 e. The van der Waals surface area contributed by atoms with Crippen LogP contribution >= 0.6 is 11.8 Å². The molecular formula is C12H16O3S. The van der Waals surface area contributed by atoms with Crippen LogP contribution in [0.5, 0.6) is 0 Å². The Morgan fingerprint density at radius 3 is 2.50 bits per heavy atom. The number of thioether (sulfide) groups is 1. The topological polar surface area (TPSA) is 57.5 Å². The van der Waals surface area contributed by atoms with E-state index >= 15 is 0 Å². The number of rotatable bonds is 6. The third kappa shape index (κ3) is 4.24. The first kappa shape index (κ1) is 13.1. The van der Waals surface area contributed by atoms with Gasteiger partial charge in [-0.05, 0) is 37.1 Å². The van der Waals surface area contributed by atoms with Gasteiger partial charge in [-0.2, -0.15) is 0 Å². The minimum atomic E-state index is -0.905. The first-order valence-electron chi connectivity index (χ1n) is 5.27. The molecule has 0 fully saturated rings. The summed E-state index contributed by atoms with van der Waals surface area (Å²) in [6, 6.07) is 6.79. The van der Waals surface area contributed by atoms with Crippen molar-refractivity contribution in [2.24, 2.45) is 0 Å². The molecule has 4 heteroatoms. The Labute approximate surface area is 99.5 Å². The third-order valence-electron chi connectivity index (χ3n) is 2.29. The van der Waals surface area contributed by atoms with Crippen molar-refractivity contribution < 1.29 is 15.0 Å². The monoisotopic (exact) mass is 240 g/mol. The zero-order chi connectivity index (χ0) is 12.0. The van der Waals surface area contributed by atoms with E-state index in [2.05, 4.69) is 0 Å². The largest absolute Gasteiger partial charge is 0.478 e. The van der Waals surface area contributed by atoms with Crippen LogP contribution in [-0.4, -0.2) is 28.0 Å². The van der Waals surface area contributed by atoms with E-state index < -0.39 is 5.97 Å². The lowest BCUT2D eigenvalue weighted by atomic mass is 10.2. The van der Waals surface area contributed by atoms with Gasteiger partial charge in [0.15, 0.2) is 0 Å². The Kier molecular flexibility index (Phi) is 5.35. The first-order valence-corrected chi connectivity index (χ1v) is 6.26. The standard InChI is InChI=1S/C12H16O3S/c1-2-10(13)7-8-16-11-5-3-9(4-6-11)12(14)15/h3-6,10,13H,2,7-8H2,1H3,(H,14,15). The van der Waals surface area contributed by atoms with Crippen molar-refractivity contribution in [3.05, 3.63) is 29.8 Å². The van der Waals surface area contributed by atoms with Gasteiger partial charge in [0.2, 0.25) is 0 Å². The number of hydrogen-bond acceptors (Lipinski definition) is 3. The number of aliphatic hydroxyl groups excluding tert-OH is 1. The Balaban J connectivity index is 2.40. The van der Waals surface area contributed by atoms with Gasteiger partial charge in [0.05, 0.1) is 11.7 Å². The van der Waals surface area contributed by atoms with E-state index in [4.69, 9.17) is 5.11 Å². The Bertz CT molecular complexity index is 335. The Hall–Kier alpha value is -1.00. The van der Waals surface area contributed by atoms with Crippen LogP contribution in [0, 0.1) is 0 Å². The fourth-order valence-corrected chi connectivity index (χ4v) is 2.16. The van der Waals surface area contributed by atoms with E-state index in [1.807, 2.05) is 6.92 Å². The van der Waals surface area contributed by atoms with Crippen LogP contribution in [0.1, 0.15) is 30.1 Å². The summed E-state index contributed by atoms with van der Waals surface area (Å²) in [5.74, 6) is -0.0560. The number of benzene rings is 1. The Morgan fingerprint density at radius 2 is 2.00 bits per heavy atom. The molecule has 0 bridgehead atoms. The summed E-state index contributed by atoms with van der Waals surface area (Å²) in [5.41, 5.74) is 0.304. The first-order chi connectivity index (χ1) is 7.63. The average molecular weight is 240 g/mol. The molecule has 0 aliphatic carbocycles. The molecule has 0 aliphatic heterocycles. The number of carbonyl (C=O) groups is 1. The highest BCUT2D eigenvalue weighted by Gasteiger charge is 2.03. The second-order valence-corrected chi connectivity index (χ2v) is 4.70. The summed E-state index contributed by atoms with van der Waals surface area (Å²) in [5, 5.41) is 18.1. The zero-order valence-corrected chi connectivity index (χ0v) is 10.0. The van der Waals surface area contributed by atoms with Gasteiger partial charge in [0.25, 0.3) is 0 Å². The van der Waals surface area contributed by atoms with Gasteiger partial charge in [-0.25, -0.2) is 4.79 Å². The summed E-state index contributed by atoms with van der Waals surface area (Å²) in [7, 11) is 0. The van der Waals surface area contributed by atoms with E-state index in [1.165, 1.54) is 0 Å². The van der Waals surface area contributed by atoms with Crippen LogP contribution in [0.4, 0.5) is 0 Å². The highest BCUT2D eigenvalue weighted by Crippen LogP contribution is 2.20. The SMILES string of the molecule is CCC(O)CCSc1ccc(C(=O)O)cc1. The smallest absolute Gasteiger partial charge is 0.335 e. The number of carboxylic acid groups (broad SMARTS) is 1. The molecule has 1 rings (SSSR count). The molecule has 16 heavy (non-hydrogen) atoms. The van der Waals surface area contributed by atoms with Gasteiger partial charge in [-0.15, -0.1) is 11.8 Å². The summed E-state index contributed by atoms with van der Waals surface area (Å²) in [6.45, 7) is 1.96. The summed E-state index contributed by atoms with van der Waals surface area (Å²) in [4.78, 5) is 11.7. The highest BCUT2D eigenvalue weighted by atomic mass is 32.2. The normalized spacial score (nSPS) is 12.4. The lowest BCUT2D eigenvalue weighted by molar-refractivity contribution is 0.0697. The molecule has 1 aromatic rings. The number of hydrogen-bond donors (Lipinski definition) is 2. The van der Waals surface area contributed by atoms with Crippen LogP contribution < -0.4 is 0 Å². The molecular weight excluding hydrogens is 224 g/mol. The molecule has 0 amide bonds. The van der Waals surface area contributed by atoms with Crippen LogP contribution in [0.25, 0.3) is 0 Å². The van der Waals surface area contributed by atoms with E-state index in [1.54, 1.807) is 36.0 Å². The van der Waals surface area contributed by atoms with Crippen molar-refractivity contribution in [2.45, 2.75) is 30.8 Å². The molecule has 0 aliphatic rings. The fraction of sp³-hybridized carbons (Fsp3) is 0.417. The minimum absolute atomic E-state index is 0.231. The van der Waals surface area contributed by atoms with Crippen LogP contribution in [0.3, 0.4) is 0 Å². The second-order valence-electron chi connectivity index (χ2n) is 3.53. The number of aromatic carboxylic acids is 1. The zero-order valence-electron chi connectivity index (χ0n) is 9.22. The van der Waals surface area contributed by atoms with E-state index in [0.29, 0.717) is 5.56 Å². The maximum absolute atomic E-state index is 10.6. The summed E-state index contributed by atoms with van der Waals surface area (Å²) >= 11 is 1.63. The minimum Gasteiger partial charge on any atom is -0.478 e. The molecule has 3 nitrogen and oxygen atoms in total. The molecule has 1 atom stereocenters. The fourth-order valence-electron chi connectivity index (χ4n) is 1.21. The van der Waals surface area contributed by atoms with Gasteiger partial charge in [0.1, 0.15) is 0 Å². The van der Waals surface area contributed by atoms with Gasteiger partial charge >= 0.3 is 5.97 Å². The molecule has 88 valence electrons. The molecule has 0 saturated carbocycles. The maximum atomic E-state index is 10.6. The van der Waals surface area contributed by atoms with Gasteiger partial charge in [0, 0.05) is 10.6 Å². The molecule has 1 aromatic carbocycles. The van der Waals surface area contributed by atoms with Crippen molar-refractivity contribution in [1.29, 1.82) is 0 Å². The van der Waals surface area contributed by atoms with Crippen molar-refractivity contribution in [2.75, 3.05) is 5.75 Å². The second kappa shape index (κ2) is 6.55. The molecule has 0 heterocycles. The molecule has 1 unspecified atom stereocenters. The van der Waals surface area contributed by atoms with Crippen molar-refractivity contribution in [3.8, 4) is 0 Å². The van der Waals surface area contributed by atoms with Gasteiger partial charge in [-0.3, -0.25) is 0 Å². The summed E-state index contributed by atoms with van der Waals surface area (Å²) < 4.78 is 0. The number of carboxylic acids is 1. The van der Waals surface area contributed by atoms with Crippen LogP contribution in [-0.2, 0) is 0 Å². The van der Waals surface area contributed by atoms with Crippen molar-refractivity contribution >= 4 is 17.7 Å². The predicted octanol–water partition coefficient (Wildman–Crippen LogP) is 2.64. The number of aliphatic hydroxyl groups is 1. The molecule has 0 saturated heterocycles. The Morgan fingerprint density at radius 1 is 1.38 bits per heavy atom. The van der Waals surface area contributed by atoms with Crippen molar-refractivity contribution in [3.63, 3.8) is 0 Å². The lowest BCUT2D eigenvalue weighted by Crippen LogP contribution is -2.04. The molecule has 0 spiro atoms. The lowest BCUT2D eigenvalue weighted by Gasteiger charge is -2.06. The van der Waals surface area contributed by atoms with Crippen LogP contribution in [0.15, 0.2) is 29.2 Å². The molecule has 2 N–H and O–H groups in total.